The van der Waals surface area contributed by atoms with Crippen LogP contribution < -0.4 is 0 Å². The van der Waals surface area contributed by atoms with Crippen LogP contribution in [0.25, 0.3) is 0 Å². The first-order valence-electron chi connectivity index (χ1n) is 4.75. The highest BCUT2D eigenvalue weighted by atomic mass is 35.5. The van der Waals surface area contributed by atoms with E-state index in [4.69, 9.17) is 16.3 Å². The average molecular weight is 227 g/mol. The zero-order valence-electron chi connectivity index (χ0n) is 8.10. The van der Waals surface area contributed by atoms with Gasteiger partial charge in [-0.3, -0.25) is 5.01 Å². The van der Waals surface area contributed by atoms with Crippen LogP contribution in [-0.4, -0.2) is 24.7 Å². The summed E-state index contributed by atoms with van der Waals surface area (Å²) in [6, 6.07) is 7.43. The third kappa shape index (κ3) is 2.46. The number of nitrogens with zero attached hydrogens (tertiary/aromatic N) is 2. The molecule has 1 aromatic rings. The summed E-state index contributed by atoms with van der Waals surface area (Å²) in [4.78, 5) is 10.4. The van der Waals surface area contributed by atoms with Gasteiger partial charge in [0, 0.05) is 5.02 Å². The molecular weight excluding hydrogens is 216 g/mol. The Bertz CT molecular complexity index is 342. The van der Waals surface area contributed by atoms with Gasteiger partial charge in [-0.25, -0.2) is 0 Å². The predicted octanol–water partition coefficient (Wildman–Crippen LogP) is 2.39. The van der Waals surface area contributed by atoms with Crippen molar-refractivity contribution >= 4 is 11.6 Å². The minimum absolute atomic E-state index is 0.0892. The van der Waals surface area contributed by atoms with Gasteiger partial charge in [0.25, 0.3) is 0 Å². The fourth-order valence-corrected chi connectivity index (χ4v) is 1.71. The molecule has 80 valence electrons. The molecule has 1 aliphatic heterocycles. The van der Waals surface area contributed by atoms with Crippen LogP contribution in [0.5, 0.6) is 0 Å². The van der Waals surface area contributed by atoms with E-state index < -0.39 is 0 Å². The Morgan fingerprint density at radius 2 is 2.13 bits per heavy atom. The molecule has 1 aromatic carbocycles. The molecule has 0 radical (unpaired) electrons. The van der Waals surface area contributed by atoms with Gasteiger partial charge in [-0.05, 0) is 17.7 Å². The SMILES string of the molecule is O=NN1CCOC(c2ccc(Cl)cc2)C1. The Hall–Kier alpha value is -1.13. The van der Waals surface area contributed by atoms with Crippen molar-refractivity contribution in [3.05, 3.63) is 39.8 Å². The second-order valence-electron chi connectivity index (χ2n) is 3.41. The summed E-state index contributed by atoms with van der Waals surface area (Å²) in [6.45, 7) is 1.59. The molecule has 0 amide bonds. The lowest BCUT2D eigenvalue weighted by Crippen LogP contribution is -2.34. The lowest BCUT2D eigenvalue weighted by molar-refractivity contribution is -0.0299. The van der Waals surface area contributed by atoms with Gasteiger partial charge in [0.15, 0.2) is 0 Å². The molecule has 1 unspecified atom stereocenters. The van der Waals surface area contributed by atoms with Crippen molar-refractivity contribution in [2.24, 2.45) is 5.29 Å². The predicted molar refractivity (Wildman–Crippen MR) is 57.5 cm³/mol. The zero-order chi connectivity index (χ0) is 10.7. The number of rotatable bonds is 2. The standard InChI is InChI=1S/C10H11ClN2O2/c11-9-3-1-8(2-4-9)10-7-13(12-14)5-6-15-10/h1-4,10H,5-7H2. The van der Waals surface area contributed by atoms with E-state index in [-0.39, 0.29) is 6.10 Å². The van der Waals surface area contributed by atoms with E-state index in [1.54, 1.807) is 0 Å². The summed E-state index contributed by atoms with van der Waals surface area (Å²) in [5.74, 6) is 0. The fraction of sp³-hybridized carbons (Fsp3) is 0.400. The van der Waals surface area contributed by atoms with Crippen LogP contribution in [0, 0.1) is 4.91 Å². The highest BCUT2D eigenvalue weighted by molar-refractivity contribution is 6.30. The van der Waals surface area contributed by atoms with E-state index in [2.05, 4.69) is 5.29 Å². The number of benzene rings is 1. The quantitative estimate of drug-likeness (QED) is 0.728. The first kappa shape index (κ1) is 10.4. The maximum atomic E-state index is 10.4. The molecule has 0 aliphatic carbocycles. The molecule has 5 heteroatoms. The Labute approximate surface area is 92.7 Å². The van der Waals surface area contributed by atoms with Gasteiger partial charge in [0.2, 0.25) is 0 Å². The van der Waals surface area contributed by atoms with E-state index in [1.807, 2.05) is 24.3 Å². The highest BCUT2D eigenvalue weighted by Gasteiger charge is 2.21. The number of ether oxygens (including phenoxy) is 1. The van der Waals surface area contributed by atoms with Crippen LogP contribution in [-0.2, 0) is 4.74 Å². The van der Waals surface area contributed by atoms with Crippen LogP contribution in [0.15, 0.2) is 29.6 Å². The molecule has 0 N–H and O–H groups in total. The van der Waals surface area contributed by atoms with Gasteiger partial charge in [0.05, 0.1) is 25.0 Å². The molecular formula is C10H11ClN2O2. The first-order chi connectivity index (χ1) is 7.29. The van der Waals surface area contributed by atoms with E-state index in [9.17, 15) is 4.91 Å². The molecule has 1 fully saturated rings. The normalized spacial score (nSPS) is 21.4. The molecule has 0 bridgehead atoms. The number of halogens is 1. The Morgan fingerprint density at radius 3 is 2.80 bits per heavy atom. The van der Waals surface area contributed by atoms with Crippen LogP contribution in [0.4, 0.5) is 0 Å². The maximum Gasteiger partial charge on any atom is 0.102 e. The largest absolute Gasteiger partial charge is 0.370 e. The van der Waals surface area contributed by atoms with E-state index in [0.717, 1.165) is 5.56 Å². The first-order valence-corrected chi connectivity index (χ1v) is 5.12. The molecule has 4 nitrogen and oxygen atoms in total. The number of hydrogen-bond donors (Lipinski definition) is 0. The fourth-order valence-electron chi connectivity index (χ4n) is 1.59. The monoisotopic (exact) mass is 226 g/mol. The van der Waals surface area contributed by atoms with Gasteiger partial charge >= 0.3 is 0 Å². The van der Waals surface area contributed by atoms with Gasteiger partial charge in [-0.2, -0.15) is 0 Å². The maximum absolute atomic E-state index is 10.4. The Morgan fingerprint density at radius 1 is 1.40 bits per heavy atom. The minimum Gasteiger partial charge on any atom is -0.370 e. The average Bonchev–Trinajstić information content (AvgIpc) is 2.30. The molecule has 0 spiro atoms. The summed E-state index contributed by atoms with van der Waals surface area (Å²) in [5.41, 5.74) is 1.02. The summed E-state index contributed by atoms with van der Waals surface area (Å²) >= 11 is 5.79. The second-order valence-corrected chi connectivity index (χ2v) is 3.84. The molecule has 1 saturated heterocycles. The van der Waals surface area contributed by atoms with Crippen molar-refractivity contribution in [2.45, 2.75) is 6.10 Å². The van der Waals surface area contributed by atoms with Crippen LogP contribution >= 0.6 is 11.6 Å². The smallest absolute Gasteiger partial charge is 0.102 e. The van der Waals surface area contributed by atoms with Crippen molar-refractivity contribution in [3.8, 4) is 0 Å². The van der Waals surface area contributed by atoms with E-state index in [1.165, 1.54) is 5.01 Å². The summed E-state index contributed by atoms with van der Waals surface area (Å²) < 4.78 is 5.55. The van der Waals surface area contributed by atoms with Crippen LogP contribution in [0.3, 0.4) is 0 Å². The van der Waals surface area contributed by atoms with Crippen LogP contribution in [0.1, 0.15) is 11.7 Å². The van der Waals surface area contributed by atoms with E-state index in [0.29, 0.717) is 24.7 Å². The Balaban J connectivity index is 2.09. The van der Waals surface area contributed by atoms with Gasteiger partial charge in [-0.15, -0.1) is 4.91 Å². The van der Waals surface area contributed by atoms with Crippen molar-refractivity contribution in [1.82, 2.24) is 5.01 Å². The topological polar surface area (TPSA) is 41.9 Å². The van der Waals surface area contributed by atoms with Gasteiger partial charge < -0.3 is 4.74 Å². The number of morpholine rings is 1. The molecule has 1 heterocycles. The van der Waals surface area contributed by atoms with Crippen LogP contribution in [0.2, 0.25) is 5.02 Å². The van der Waals surface area contributed by atoms with Crippen molar-refractivity contribution in [1.29, 1.82) is 0 Å². The number of hydrogen-bond acceptors (Lipinski definition) is 3. The molecule has 1 atom stereocenters. The molecule has 1 aliphatic rings. The second kappa shape index (κ2) is 4.59. The van der Waals surface area contributed by atoms with E-state index >= 15 is 0 Å². The lowest BCUT2D eigenvalue weighted by Gasteiger charge is -2.28. The summed E-state index contributed by atoms with van der Waals surface area (Å²) in [7, 11) is 0. The van der Waals surface area contributed by atoms with Crippen molar-refractivity contribution in [3.63, 3.8) is 0 Å². The van der Waals surface area contributed by atoms with Gasteiger partial charge in [0.1, 0.15) is 6.10 Å². The summed E-state index contributed by atoms with van der Waals surface area (Å²) in [5, 5.41) is 5.09. The lowest BCUT2D eigenvalue weighted by atomic mass is 10.1. The molecule has 15 heavy (non-hydrogen) atoms. The van der Waals surface area contributed by atoms with Crippen molar-refractivity contribution < 1.29 is 4.74 Å². The van der Waals surface area contributed by atoms with Crippen molar-refractivity contribution in [2.75, 3.05) is 19.7 Å². The molecule has 0 saturated carbocycles. The van der Waals surface area contributed by atoms with Gasteiger partial charge in [-0.1, -0.05) is 23.7 Å². The highest BCUT2D eigenvalue weighted by Crippen LogP contribution is 2.23. The summed E-state index contributed by atoms with van der Waals surface area (Å²) in [6.07, 6.45) is -0.0892. The number of nitroso groups, excluding NO2 is 1. The third-order valence-corrected chi connectivity index (χ3v) is 2.65. The minimum atomic E-state index is -0.0892. The third-order valence-electron chi connectivity index (χ3n) is 2.40. The molecule has 0 aromatic heterocycles. The molecule has 2 rings (SSSR count). The zero-order valence-corrected chi connectivity index (χ0v) is 8.85. The Kier molecular flexibility index (Phi) is 3.18.